The summed E-state index contributed by atoms with van der Waals surface area (Å²) in [5.41, 5.74) is 1.57. The molecule has 0 bridgehead atoms. The van der Waals surface area contributed by atoms with Gasteiger partial charge < -0.3 is 10.6 Å². The van der Waals surface area contributed by atoms with Crippen molar-refractivity contribution >= 4 is 45.7 Å². The van der Waals surface area contributed by atoms with Crippen LogP contribution in [-0.4, -0.2) is 17.1 Å². The predicted molar refractivity (Wildman–Crippen MR) is 118 cm³/mol. The van der Waals surface area contributed by atoms with Crippen LogP contribution in [0.25, 0.3) is 10.8 Å². The molecular formula is C23H24N2O2S. The average molecular weight is 393 g/mol. The third-order valence-corrected chi connectivity index (χ3v) is 5.43. The molecule has 0 saturated heterocycles. The largest absolute Gasteiger partial charge is 0.326 e. The Morgan fingerprint density at radius 2 is 1.57 bits per heavy atom. The third kappa shape index (κ3) is 5.36. The highest BCUT2D eigenvalue weighted by Gasteiger charge is 2.15. The second-order valence-electron chi connectivity index (χ2n) is 6.63. The summed E-state index contributed by atoms with van der Waals surface area (Å²) in [7, 11) is 0. The average Bonchev–Trinajstić information content (AvgIpc) is 2.69. The first-order valence-corrected chi connectivity index (χ1v) is 10.3. The van der Waals surface area contributed by atoms with Crippen LogP contribution in [0.3, 0.4) is 0 Å². The van der Waals surface area contributed by atoms with E-state index in [-0.39, 0.29) is 17.1 Å². The second-order valence-corrected chi connectivity index (χ2v) is 8.05. The standard InChI is InChI=1S/C23H24N2O2S/c1-3-6-22(26)24-19-11-13-21(14-12-19)28-16(2)23(27)25-20-10-9-17-7-4-5-8-18(17)15-20/h4-5,7-16H,3,6H2,1-2H3,(H,24,26)(H,25,27). The van der Waals surface area contributed by atoms with E-state index >= 15 is 0 Å². The van der Waals surface area contributed by atoms with Gasteiger partial charge >= 0.3 is 0 Å². The number of rotatable bonds is 7. The van der Waals surface area contributed by atoms with Gasteiger partial charge in [-0.05, 0) is 60.5 Å². The van der Waals surface area contributed by atoms with Gasteiger partial charge in [-0.15, -0.1) is 11.8 Å². The lowest BCUT2D eigenvalue weighted by Gasteiger charge is -2.13. The van der Waals surface area contributed by atoms with Gasteiger partial charge in [0.2, 0.25) is 11.8 Å². The van der Waals surface area contributed by atoms with Crippen LogP contribution in [0.1, 0.15) is 26.7 Å². The fraction of sp³-hybridized carbons (Fsp3) is 0.217. The van der Waals surface area contributed by atoms with Gasteiger partial charge in [0.05, 0.1) is 5.25 Å². The highest BCUT2D eigenvalue weighted by Crippen LogP contribution is 2.26. The molecule has 0 spiro atoms. The molecular weight excluding hydrogens is 368 g/mol. The van der Waals surface area contributed by atoms with Gasteiger partial charge in [-0.1, -0.05) is 37.3 Å². The normalized spacial score (nSPS) is 11.8. The van der Waals surface area contributed by atoms with Crippen LogP contribution in [0, 0.1) is 0 Å². The molecule has 28 heavy (non-hydrogen) atoms. The molecule has 0 fully saturated rings. The van der Waals surface area contributed by atoms with E-state index in [0.717, 1.165) is 33.5 Å². The van der Waals surface area contributed by atoms with Crippen molar-refractivity contribution < 1.29 is 9.59 Å². The number of hydrogen-bond donors (Lipinski definition) is 2. The highest BCUT2D eigenvalue weighted by molar-refractivity contribution is 8.00. The van der Waals surface area contributed by atoms with Crippen LogP contribution in [-0.2, 0) is 9.59 Å². The zero-order valence-corrected chi connectivity index (χ0v) is 16.9. The molecule has 0 saturated carbocycles. The number of amides is 2. The topological polar surface area (TPSA) is 58.2 Å². The minimum Gasteiger partial charge on any atom is -0.326 e. The monoisotopic (exact) mass is 392 g/mol. The van der Waals surface area contributed by atoms with Gasteiger partial charge in [0.15, 0.2) is 0 Å². The van der Waals surface area contributed by atoms with Crippen molar-refractivity contribution in [1.82, 2.24) is 0 Å². The van der Waals surface area contributed by atoms with Gasteiger partial charge in [0, 0.05) is 22.7 Å². The lowest BCUT2D eigenvalue weighted by atomic mass is 10.1. The van der Waals surface area contributed by atoms with E-state index in [4.69, 9.17) is 0 Å². The zero-order chi connectivity index (χ0) is 19.9. The van der Waals surface area contributed by atoms with Gasteiger partial charge in [-0.2, -0.15) is 0 Å². The van der Waals surface area contributed by atoms with E-state index in [1.807, 2.05) is 80.6 Å². The van der Waals surface area contributed by atoms with E-state index in [2.05, 4.69) is 10.6 Å². The number of anilines is 2. The molecule has 0 heterocycles. The van der Waals surface area contributed by atoms with Gasteiger partial charge in [-0.3, -0.25) is 9.59 Å². The third-order valence-electron chi connectivity index (χ3n) is 4.31. The molecule has 144 valence electrons. The van der Waals surface area contributed by atoms with Crippen LogP contribution in [0.15, 0.2) is 71.6 Å². The first-order valence-electron chi connectivity index (χ1n) is 9.41. The molecule has 5 heteroatoms. The van der Waals surface area contributed by atoms with Crippen LogP contribution in [0.4, 0.5) is 11.4 Å². The molecule has 2 amide bonds. The van der Waals surface area contributed by atoms with Crippen molar-refractivity contribution in [3.63, 3.8) is 0 Å². The lowest BCUT2D eigenvalue weighted by Crippen LogP contribution is -2.22. The van der Waals surface area contributed by atoms with E-state index in [1.165, 1.54) is 11.8 Å². The molecule has 0 aliphatic heterocycles. The van der Waals surface area contributed by atoms with Crippen LogP contribution in [0.5, 0.6) is 0 Å². The number of carbonyl (C=O) groups excluding carboxylic acids is 2. The summed E-state index contributed by atoms with van der Waals surface area (Å²) >= 11 is 1.49. The maximum Gasteiger partial charge on any atom is 0.237 e. The summed E-state index contributed by atoms with van der Waals surface area (Å²) in [6.07, 6.45) is 1.34. The molecule has 2 N–H and O–H groups in total. The fourth-order valence-electron chi connectivity index (χ4n) is 2.84. The molecule has 3 aromatic carbocycles. The van der Waals surface area contributed by atoms with Crippen molar-refractivity contribution in [1.29, 1.82) is 0 Å². The smallest absolute Gasteiger partial charge is 0.237 e. The quantitative estimate of drug-likeness (QED) is 0.507. The van der Waals surface area contributed by atoms with Crippen LogP contribution in [0.2, 0.25) is 0 Å². The first-order chi connectivity index (χ1) is 13.5. The number of benzene rings is 3. The fourth-order valence-corrected chi connectivity index (χ4v) is 3.70. The van der Waals surface area contributed by atoms with E-state index in [0.29, 0.717) is 6.42 Å². The predicted octanol–water partition coefficient (Wildman–Crippen LogP) is 5.70. The van der Waals surface area contributed by atoms with Crippen molar-refractivity contribution in [2.24, 2.45) is 0 Å². The van der Waals surface area contributed by atoms with Crippen LogP contribution >= 0.6 is 11.8 Å². The zero-order valence-electron chi connectivity index (χ0n) is 16.1. The van der Waals surface area contributed by atoms with Crippen LogP contribution < -0.4 is 10.6 Å². The molecule has 3 aromatic rings. The Kier molecular flexibility index (Phi) is 6.71. The Bertz CT molecular complexity index is 970. The molecule has 1 unspecified atom stereocenters. The molecule has 0 aromatic heterocycles. The maximum absolute atomic E-state index is 12.5. The highest BCUT2D eigenvalue weighted by atomic mass is 32.2. The number of thioether (sulfide) groups is 1. The summed E-state index contributed by atoms with van der Waals surface area (Å²) in [6, 6.07) is 21.6. The summed E-state index contributed by atoms with van der Waals surface area (Å²) in [5.74, 6) is -0.0216. The summed E-state index contributed by atoms with van der Waals surface area (Å²) < 4.78 is 0. The van der Waals surface area contributed by atoms with Crippen molar-refractivity contribution in [3.05, 3.63) is 66.7 Å². The SMILES string of the molecule is CCCC(=O)Nc1ccc(SC(C)C(=O)Nc2ccc3ccccc3c2)cc1. The van der Waals surface area contributed by atoms with E-state index < -0.39 is 0 Å². The Hall–Kier alpha value is -2.79. The molecule has 0 radical (unpaired) electrons. The Balaban J connectivity index is 1.58. The van der Waals surface area contributed by atoms with Crippen molar-refractivity contribution in [2.75, 3.05) is 10.6 Å². The minimum atomic E-state index is -0.244. The van der Waals surface area contributed by atoms with Gasteiger partial charge in [0.1, 0.15) is 0 Å². The van der Waals surface area contributed by atoms with Gasteiger partial charge in [0.25, 0.3) is 0 Å². The summed E-state index contributed by atoms with van der Waals surface area (Å²) in [5, 5.41) is 7.86. The lowest BCUT2D eigenvalue weighted by molar-refractivity contribution is -0.116. The molecule has 3 rings (SSSR count). The minimum absolute atomic E-state index is 0.0195. The van der Waals surface area contributed by atoms with Gasteiger partial charge in [-0.25, -0.2) is 0 Å². The number of nitrogens with one attached hydrogen (secondary N) is 2. The Morgan fingerprint density at radius 3 is 2.29 bits per heavy atom. The molecule has 0 aliphatic rings. The second kappa shape index (κ2) is 9.42. The molecule has 0 aliphatic carbocycles. The number of hydrogen-bond acceptors (Lipinski definition) is 3. The number of carbonyl (C=O) groups is 2. The van der Waals surface area contributed by atoms with E-state index in [9.17, 15) is 9.59 Å². The summed E-state index contributed by atoms with van der Waals surface area (Å²) in [4.78, 5) is 25.2. The Morgan fingerprint density at radius 1 is 0.893 bits per heavy atom. The van der Waals surface area contributed by atoms with Crippen molar-refractivity contribution in [3.8, 4) is 0 Å². The molecule has 4 nitrogen and oxygen atoms in total. The summed E-state index contributed by atoms with van der Waals surface area (Å²) in [6.45, 7) is 3.86. The van der Waals surface area contributed by atoms with Crippen molar-refractivity contribution in [2.45, 2.75) is 36.8 Å². The Labute approximate surface area is 169 Å². The molecule has 1 atom stereocenters. The first kappa shape index (κ1) is 20.0. The number of fused-ring (bicyclic) bond motifs is 1. The maximum atomic E-state index is 12.5. The van der Waals surface area contributed by atoms with E-state index in [1.54, 1.807) is 0 Å².